The second-order valence-electron chi connectivity index (χ2n) is 5.51. The highest BCUT2D eigenvalue weighted by atomic mass is 16.5. The minimum atomic E-state index is 0.0491. The average Bonchev–Trinajstić information content (AvgIpc) is 2.80. The number of nitrogens with zero attached hydrogens (tertiary/aromatic N) is 1. The van der Waals surface area contributed by atoms with Gasteiger partial charge in [0.15, 0.2) is 0 Å². The van der Waals surface area contributed by atoms with Crippen molar-refractivity contribution in [2.24, 2.45) is 5.73 Å². The maximum atomic E-state index is 6.09. The summed E-state index contributed by atoms with van der Waals surface area (Å²) in [6.07, 6.45) is 2.44. The van der Waals surface area contributed by atoms with Crippen LogP contribution in [0.1, 0.15) is 24.5 Å². The Balaban J connectivity index is 1.87. The van der Waals surface area contributed by atoms with Crippen LogP contribution in [0, 0.1) is 0 Å². The van der Waals surface area contributed by atoms with E-state index in [0.29, 0.717) is 6.54 Å². The van der Waals surface area contributed by atoms with E-state index in [1.807, 2.05) is 0 Å². The lowest BCUT2D eigenvalue weighted by molar-refractivity contribution is 0.00663. The van der Waals surface area contributed by atoms with Gasteiger partial charge in [0.25, 0.3) is 0 Å². The summed E-state index contributed by atoms with van der Waals surface area (Å²) in [4.78, 5) is 2.55. The largest absolute Gasteiger partial charge is 0.376 e. The first-order chi connectivity index (χ1) is 8.76. The van der Waals surface area contributed by atoms with E-state index in [9.17, 15) is 0 Å². The number of benzene rings is 1. The van der Waals surface area contributed by atoms with Gasteiger partial charge in [0.1, 0.15) is 0 Å². The molecule has 0 spiro atoms. The Morgan fingerprint density at radius 2 is 2.17 bits per heavy atom. The van der Waals surface area contributed by atoms with E-state index in [-0.39, 0.29) is 11.6 Å². The van der Waals surface area contributed by atoms with Crippen molar-refractivity contribution >= 4 is 0 Å². The van der Waals surface area contributed by atoms with Crippen LogP contribution in [0.25, 0.3) is 0 Å². The lowest BCUT2D eigenvalue weighted by Gasteiger charge is -2.45. The highest BCUT2D eigenvalue weighted by molar-refractivity contribution is 5.29. The van der Waals surface area contributed by atoms with Crippen molar-refractivity contribution in [1.82, 2.24) is 4.90 Å². The molecule has 1 aromatic carbocycles. The molecule has 3 rings (SSSR count). The molecule has 0 aromatic heterocycles. The second-order valence-corrected chi connectivity index (χ2v) is 5.51. The number of fused-ring (bicyclic) bond motifs is 1. The van der Waals surface area contributed by atoms with Gasteiger partial charge in [0.2, 0.25) is 0 Å². The van der Waals surface area contributed by atoms with Crippen molar-refractivity contribution in [3.05, 3.63) is 35.4 Å². The monoisotopic (exact) mass is 246 g/mol. The summed E-state index contributed by atoms with van der Waals surface area (Å²) in [7, 11) is 0. The maximum Gasteiger partial charge on any atom is 0.0743 e. The molecule has 2 heterocycles. The van der Waals surface area contributed by atoms with Gasteiger partial charge in [-0.25, -0.2) is 0 Å². The molecule has 3 nitrogen and oxygen atoms in total. The van der Waals surface area contributed by atoms with E-state index in [0.717, 1.165) is 32.5 Å². The first-order valence-corrected chi connectivity index (χ1v) is 6.90. The minimum absolute atomic E-state index is 0.0491. The molecule has 98 valence electrons. The molecule has 2 N–H and O–H groups in total. The molecule has 1 fully saturated rings. The molecular formula is C15H22N2O. The quantitative estimate of drug-likeness (QED) is 0.860. The zero-order valence-electron chi connectivity index (χ0n) is 11.1. The summed E-state index contributed by atoms with van der Waals surface area (Å²) < 4.78 is 5.78. The highest BCUT2D eigenvalue weighted by Crippen LogP contribution is 2.35. The smallest absolute Gasteiger partial charge is 0.0743 e. The van der Waals surface area contributed by atoms with E-state index in [1.165, 1.54) is 11.1 Å². The lowest BCUT2D eigenvalue weighted by Crippen LogP contribution is -2.59. The zero-order chi connectivity index (χ0) is 12.6. The predicted molar refractivity (Wildman–Crippen MR) is 72.4 cm³/mol. The van der Waals surface area contributed by atoms with Crippen LogP contribution in [0.3, 0.4) is 0 Å². The zero-order valence-corrected chi connectivity index (χ0v) is 11.1. The van der Waals surface area contributed by atoms with Crippen LogP contribution >= 0.6 is 0 Å². The van der Waals surface area contributed by atoms with Gasteiger partial charge >= 0.3 is 0 Å². The third-order valence-electron chi connectivity index (χ3n) is 4.77. The summed E-state index contributed by atoms with van der Waals surface area (Å²) >= 11 is 0. The van der Waals surface area contributed by atoms with Gasteiger partial charge in [-0.05, 0) is 30.9 Å². The van der Waals surface area contributed by atoms with Crippen LogP contribution in [0.4, 0.5) is 0 Å². The Bertz CT molecular complexity index is 434. The summed E-state index contributed by atoms with van der Waals surface area (Å²) in [5.41, 5.74) is 9.08. The third-order valence-corrected chi connectivity index (χ3v) is 4.77. The van der Waals surface area contributed by atoms with Gasteiger partial charge in [0, 0.05) is 26.2 Å². The van der Waals surface area contributed by atoms with Crippen LogP contribution in [-0.2, 0) is 17.7 Å². The normalized spacial score (nSPS) is 32.4. The van der Waals surface area contributed by atoms with Crippen LogP contribution in [0.5, 0.6) is 0 Å². The number of hydrogen-bond acceptors (Lipinski definition) is 3. The fourth-order valence-corrected chi connectivity index (χ4v) is 3.46. The molecular weight excluding hydrogens is 224 g/mol. The van der Waals surface area contributed by atoms with E-state index >= 15 is 0 Å². The summed E-state index contributed by atoms with van der Waals surface area (Å²) in [5, 5.41) is 0. The van der Waals surface area contributed by atoms with Gasteiger partial charge in [0.05, 0.1) is 11.6 Å². The van der Waals surface area contributed by atoms with Crippen molar-refractivity contribution in [2.75, 3.05) is 19.7 Å². The molecule has 18 heavy (non-hydrogen) atoms. The van der Waals surface area contributed by atoms with E-state index in [4.69, 9.17) is 10.5 Å². The lowest BCUT2D eigenvalue weighted by atomic mass is 9.86. The molecule has 1 saturated heterocycles. The van der Waals surface area contributed by atoms with E-state index < -0.39 is 0 Å². The van der Waals surface area contributed by atoms with Crippen molar-refractivity contribution in [3.8, 4) is 0 Å². The Morgan fingerprint density at radius 3 is 2.83 bits per heavy atom. The SMILES string of the molecule is CC1OCCC1(CN)N1CCc2ccccc2C1. The predicted octanol–water partition coefficient (Wildman–Crippen LogP) is 1.55. The van der Waals surface area contributed by atoms with Crippen LogP contribution < -0.4 is 5.73 Å². The van der Waals surface area contributed by atoms with Gasteiger partial charge in [-0.2, -0.15) is 0 Å². The van der Waals surface area contributed by atoms with E-state index in [2.05, 4.69) is 36.1 Å². The number of hydrogen-bond donors (Lipinski definition) is 1. The van der Waals surface area contributed by atoms with Crippen molar-refractivity contribution in [2.45, 2.75) is 38.0 Å². The van der Waals surface area contributed by atoms with Gasteiger partial charge < -0.3 is 10.5 Å². The Hall–Kier alpha value is -0.900. The summed E-state index contributed by atoms with van der Waals surface area (Å²) in [6, 6.07) is 8.75. The molecule has 2 unspecified atom stereocenters. The Morgan fingerprint density at radius 1 is 1.39 bits per heavy atom. The van der Waals surface area contributed by atoms with Gasteiger partial charge in [-0.1, -0.05) is 24.3 Å². The standard InChI is InChI=1S/C15H22N2O/c1-12-15(11-16,7-9-18-12)17-8-6-13-4-2-3-5-14(13)10-17/h2-5,12H,6-11,16H2,1H3. The fourth-order valence-electron chi connectivity index (χ4n) is 3.46. The maximum absolute atomic E-state index is 6.09. The summed E-state index contributed by atoms with van der Waals surface area (Å²) in [6.45, 7) is 5.82. The second kappa shape index (κ2) is 4.65. The molecule has 2 atom stereocenters. The fraction of sp³-hybridized carbons (Fsp3) is 0.600. The molecule has 0 radical (unpaired) electrons. The van der Waals surface area contributed by atoms with E-state index in [1.54, 1.807) is 0 Å². The molecule has 0 bridgehead atoms. The number of rotatable bonds is 2. The molecule has 0 aliphatic carbocycles. The number of ether oxygens (including phenoxy) is 1. The molecule has 2 aliphatic heterocycles. The molecule has 0 amide bonds. The third kappa shape index (κ3) is 1.78. The first kappa shape index (κ1) is 12.2. The summed E-state index contributed by atoms with van der Waals surface area (Å²) in [5.74, 6) is 0. The minimum Gasteiger partial charge on any atom is -0.376 e. The molecule has 1 aromatic rings. The molecule has 3 heteroatoms. The first-order valence-electron chi connectivity index (χ1n) is 6.90. The Kier molecular flexibility index (Phi) is 3.14. The number of nitrogens with two attached hydrogens (primary N) is 1. The van der Waals surface area contributed by atoms with Gasteiger partial charge in [-0.15, -0.1) is 0 Å². The Labute approximate surface area is 109 Å². The van der Waals surface area contributed by atoms with Crippen molar-refractivity contribution < 1.29 is 4.74 Å². The van der Waals surface area contributed by atoms with Crippen molar-refractivity contribution in [1.29, 1.82) is 0 Å². The van der Waals surface area contributed by atoms with Crippen LogP contribution in [0.15, 0.2) is 24.3 Å². The molecule has 0 saturated carbocycles. The molecule has 2 aliphatic rings. The van der Waals surface area contributed by atoms with Gasteiger partial charge in [-0.3, -0.25) is 4.90 Å². The topological polar surface area (TPSA) is 38.5 Å². The average molecular weight is 246 g/mol. The van der Waals surface area contributed by atoms with Crippen LogP contribution in [0.2, 0.25) is 0 Å². The van der Waals surface area contributed by atoms with Crippen molar-refractivity contribution in [3.63, 3.8) is 0 Å². The van der Waals surface area contributed by atoms with Crippen LogP contribution in [-0.4, -0.2) is 36.2 Å². The highest BCUT2D eigenvalue weighted by Gasteiger charge is 2.45.